The number of aromatic nitrogens is 2. The van der Waals surface area contributed by atoms with Crippen molar-refractivity contribution in [2.24, 2.45) is 0 Å². The molecular weight excluding hydrogens is 263 g/mol. The number of rotatable bonds is 2. The molecule has 0 radical (unpaired) electrons. The summed E-state index contributed by atoms with van der Waals surface area (Å²) in [6, 6.07) is 8.07. The molecule has 0 saturated heterocycles. The highest BCUT2D eigenvalue weighted by atomic mass is 35.5. The molecule has 0 aliphatic rings. The lowest BCUT2D eigenvalue weighted by Gasteiger charge is -2.04. The largest absolute Gasteiger partial charge is 0.329 e. The summed E-state index contributed by atoms with van der Waals surface area (Å²) < 4.78 is 1.06. The Morgan fingerprint density at radius 1 is 1.12 bits per heavy atom. The van der Waals surface area contributed by atoms with E-state index in [1.54, 1.807) is 24.3 Å². The van der Waals surface area contributed by atoms with Crippen LogP contribution in [-0.2, 0) is 6.54 Å². The molecule has 1 aromatic heterocycles. The molecule has 2 rings (SSSR count). The number of aromatic amines is 1. The lowest BCUT2D eigenvalue weighted by atomic mass is 10.2. The highest BCUT2D eigenvalue weighted by molar-refractivity contribution is 6.30. The Hall–Kier alpha value is -1.52. The van der Waals surface area contributed by atoms with Crippen LogP contribution in [0.5, 0.6) is 0 Å². The van der Waals surface area contributed by atoms with E-state index in [1.807, 2.05) is 0 Å². The molecular formula is C11H8Cl2N2O2. The van der Waals surface area contributed by atoms with Crippen LogP contribution in [0.15, 0.2) is 39.9 Å². The number of nitrogens with one attached hydrogen (secondary N) is 1. The second kappa shape index (κ2) is 4.77. The van der Waals surface area contributed by atoms with Gasteiger partial charge >= 0.3 is 5.69 Å². The van der Waals surface area contributed by atoms with Crippen LogP contribution in [0.4, 0.5) is 0 Å². The summed E-state index contributed by atoms with van der Waals surface area (Å²) in [5.74, 6) is 0. The van der Waals surface area contributed by atoms with Crippen molar-refractivity contribution in [1.82, 2.24) is 9.55 Å². The van der Waals surface area contributed by atoms with Gasteiger partial charge in [0.2, 0.25) is 0 Å². The first-order valence-electron chi connectivity index (χ1n) is 4.80. The molecule has 0 bridgehead atoms. The molecule has 88 valence electrons. The maximum Gasteiger partial charge on any atom is 0.329 e. The first-order valence-corrected chi connectivity index (χ1v) is 5.56. The van der Waals surface area contributed by atoms with E-state index in [9.17, 15) is 9.59 Å². The Balaban J connectivity index is 2.40. The molecule has 6 heteroatoms. The number of nitrogens with zero attached hydrogens (tertiary/aromatic N) is 1. The Labute approximate surface area is 106 Å². The van der Waals surface area contributed by atoms with Gasteiger partial charge in [0.15, 0.2) is 0 Å². The van der Waals surface area contributed by atoms with E-state index in [0.29, 0.717) is 5.02 Å². The van der Waals surface area contributed by atoms with Gasteiger partial charge in [0.25, 0.3) is 5.56 Å². The van der Waals surface area contributed by atoms with Crippen molar-refractivity contribution in [2.45, 2.75) is 6.54 Å². The molecule has 1 heterocycles. The molecule has 1 aromatic carbocycles. The second-order valence-electron chi connectivity index (χ2n) is 3.47. The van der Waals surface area contributed by atoms with Crippen LogP contribution in [-0.4, -0.2) is 9.55 Å². The fraction of sp³-hybridized carbons (Fsp3) is 0.0909. The summed E-state index contributed by atoms with van der Waals surface area (Å²) in [5.41, 5.74) is -0.157. The van der Waals surface area contributed by atoms with Gasteiger partial charge in [0, 0.05) is 11.1 Å². The minimum absolute atomic E-state index is 0.0346. The number of hydrogen-bond acceptors (Lipinski definition) is 2. The monoisotopic (exact) mass is 270 g/mol. The van der Waals surface area contributed by atoms with Gasteiger partial charge in [-0.25, -0.2) is 4.79 Å². The number of hydrogen-bond donors (Lipinski definition) is 1. The van der Waals surface area contributed by atoms with Crippen molar-refractivity contribution in [2.75, 3.05) is 0 Å². The minimum atomic E-state index is -0.530. The Morgan fingerprint density at radius 3 is 2.35 bits per heavy atom. The van der Waals surface area contributed by atoms with Crippen LogP contribution in [0, 0.1) is 0 Å². The molecule has 0 fully saturated rings. The van der Waals surface area contributed by atoms with Crippen molar-refractivity contribution < 1.29 is 0 Å². The molecule has 1 N–H and O–H groups in total. The number of benzene rings is 1. The molecule has 0 unspecified atom stereocenters. The zero-order chi connectivity index (χ0) is 12.4. The number of H-pyrrole nitrogens is 1. The zero-order valence-electron chi connectivity index (χ0n) is 8.61. The van der Waals surface area contributed by atoms with Crippen LogP contribution in [0.25, 0.3) is 0 Å². The van der Waals surface area contributed by atoms with E-state index in [4.69, 9.17) is 23.2 Å². The van der Waals surface area contributed by atoms with Gasteiger partial charge in [-0.3, -0.25) is 14.3 Å². The van der Waals surface area contributed by atoms with Gasteiger partial charge in [-0.1, -0.05) is 35.3 Å². The smallest absolute Gasteiger partial charge is 0.298 e. The van der Waals surface area contributed by atoms with Crippen LogP contribution >= 0.6 is 23.2 Å². The van der Waals surface area contributed by atoms with Gasteiger partial charge in [-0.05, 0) is 17.7 Å². The molecule has 17 heavy (non-hydrogen) atoms. The maximum atomic E-state index is 11.6. The highest BCUT2D eigenvalue weighted by Gasteiger charge is 2.04. The van der Waals surface area contributed by atoms with Crippen LogP contribution in [0.2, 0.25) is 10.2 Å². The van der Waals surface area contributed by atoms with Crippen molar-refractivity contribution in [3.8, 4) is 0 Å². The quantitative estimate of drug-likeness (QED) is 0.848. The van der Waals surface area contributed by atoms with E-state index in [1.165, 1.54) is 6.07 Å². The summed E-state index contributed by atoms with van der Waals surface area (Å²) in [6.45, 7) is 0.183. The SMILES string of the molecule is O=c1cc(Cl)[nH]c(=O)n1Cc1ccc(Cl)cc1. The lowest BCUT2D eigenvalue weighted by Crippen LogP contribution is -2.34. The Bertz CT molecular complexity index is 613. The summed E-state index contributed by atoms with van der Waals surface area (Å²) >= 11 is 11.3. The minimum Gasteiger partial charge on any atom is -0.298 e. The van der Waals surface area contributed by atoms with Gasteiger partial charge in [-0.15, -0.1) is 0 Å². The van der Waals surface area contributed by atoms with Gasteiger partial charge in [0.1, 0.15) is 5.15 Å². The number of halogens is 2. The van der Waals surface area contributed by atoms with Crippen LogP contribution in [0.1, 0.15) is 5.56 Å². The van der Waals surface area contributed by atoms with E-state index in [-0.39, 0.29) is 11.7 Å². The molecule has 2 aromatic rings. The van der Waals surface area contributed by atoms with Crippen molar-refractivity contribution >= 4 is 23.2 Å². The molecule has 0 atom stereocenters. The van der Waals surface area contributed by atoms with Gasteiger partial charge in [-0.2, -0.15) is 0 Å². The molecule has 0 amide bonds. The Morgan fingerprint density at radius 2 is 1.76 bits per heavy atom. The van der Waals surface area contributed by atoms with E-state index in [2.05, 4.69) is 4.98 Å². The fourth-order valence-electron chi connectivity index (χ4n) is 1.41. The maximum absolute atomic E-state index is 11.6. The van der Waals surface area contributed by atoms with E-state index in [0.717, 1.165) is 10.1 Å². The predicted molar refractivity (Wildman–Crippen MR) is 66.9 cm³/mol. The third-order valence-electron chi connectivity index (χ3n) is 2.24. The normalized spacial score (nSPS) is 10.5. The summed E-state index contributed by atoms with van der Waals surface area (Å²) in [7, 11) is 0. The van der Waals surface area contributed by atoms with Crippen molar-refractivity contribution in [3.05, 3.63) is 66.9 Å². The molecule has 0 aliphatic carbocycles. The standard InChI is InChI=1S/C11H8Cl2N2O2/c12-8-3-1-7(2-4-8)6-15-10(16)5-9(13)14-11(15)17/h1-5H,6H2,(H,14,17). The highest BCUT2D eigenvalue weighted by Crippen LogP contribution is 2.09. The molecule has 4 nitrogen and oxygen atoms in total. The zero-order valence-corrected chi connectivity index (χ0v) is 10.1. The molecule has 0 spiro atoms. The topological polar surface area (TPSA) is 54.9 Å². The third kappa shape index (κ3) is 2.78. The lowest BCUT2D eigenvalue weighted by molar-refractivity contribution is 0.699. The average Bonchev–Trinajstić information content (AvgIpc) is 2.26. The first-order chi connectivity index (χ1) is 8.06. The third-order valence-corrected chi connectivity index (χ3v) is 2.70. The summed E-state index contributed by atoms with van der Waals surface area (Å²) in [6.07, 6.45) is 0. The fourth-order valence-corrected chi connectivity index (χ4v) is 1.71. The van der Waals surface area contributed by atoms with Crippen LogP contribution in [0.3, 0.4) is 0 Å². The summed E-state index contributed by atoms with van der Waals surface area (Å²) in [4.78, 5) is 25.5. The molecule has 0 saturated carbocycles. The van der Waals surface area contributed by atoms with Crippen molar-refractivity contribution in [3.63, 3.8) is 0 Å². The van der Waals surface area contributed by atoms with Gasteiger partial charge < -0.3 is 0 Å². The second-order valence-corrected chi connectivity index (χ2v) is 4.32. The first kappa shape index (κ1) is 12.0. The summed E-state index contributed by atoms with van der Waals surface area (Å²) in [5, 5.41) is 0.637. The van der Waals surface area contributed by atoms with E-state index >= 15 is 0 Å². The van der Waals surface area contributed by atoms with Gasteiger partial charge in [0.05, 0.1) is 6.54 Å². The van der Waals surface area contributed by atoms with E-state index < -0.39 is 11.2 Å². The molecule has 0 aliphatic heterocycles. The van der Waals surface area contributed by atoms with Crippen LogP contribution < -0.4 is 11.2 Å². The van der Waals surface area contributed by atoms with Crippen molar-refractivity contribution in [1.29, 1.82) is 0 Å². The Kier molecular flexibility index (Phi) is 3.36. The predicted octanol–water partition coefficient (Wildman–Crippen LogP) is 1.89. The average molecular weight is 271 g/mol.